The van der Waals surface area contributed by atoms with Gasteiger partial charge in [-0.05, 0) is 24.3 Å². The van der Waals surface area contributed by atoms with E-state index in [1.807, 2.05) is 43.4 Å². The van der Waals surface area contributed by atoms with Crippen LogP contribution in [-0.2, 0) is 6.54 Å². The third kappa shape index (κ3) is 2.58. The molecule has 1 amide bonds. The molecule has 5 nitrogen and oxygen atoms in total. The van der Waals surface area contributed by atoms with Crippen LogP contribution in [0.3, 0.4) is 0 Å². The number of rotatable bonds is 4. The SMILES string of the molecule is CN(Cc1nc2c(C(N)=O)cccc2[nH]1)c1ccccc1. The zero-order valence-electron chi connectivity index (χ0n) is 11.7. The average Bonchev–Trinajstić information content (AvgIpc) is 2.89. The normalized spacial score (nSPS) is 10.7. The predicted octanol–water partition coefficient (Wildman–Crippen LogP) is 2.30. The lowest BCUT2D eigenvalue weighted by molar-refractivity contribution is 0.100. The summed E-state index contributed by atoms with van der Waals surface area (Å²) in [6.45, 7) is 0.622. The van der Waals surface area contributed by atoms with Gasteiger partial charge in [0, 0.05) is 12.7 Å². The minimum absolute atomic E-state index is 0.442. The summed E-state index contributed by atoms with van der Waals surface area (Å²) in [5.41, 5.74) is 8.37. The summed E-state index contributed by atoms with van der Waals surface area (Å²) in [7, 11) is 2.00. The van der Waals surface area contributed by atoms with E-state index >= 15 is 0 Å². The lowest BCUT2D eigenvalue weighted by Gasteiger charge is -2.17. The van der Waals surface area contributed by atoms with Crippen molar-refractivity contribution in [1.82, 2.24) is 9.97 Å². The maximum atomic E-state index is 11.4. The summed E-state index contributed by atoms with van der Waals surface area (Å²) in [6, 6.07) is 15.4. The highest BCUT2D eigenvalue weighted by molar-refractivity contribution is 6.04. The van der Waals surface area contributed by atoms with Crippen LogP contribution in [0, 0.1) is 0 Å². The van der Waals surface area contributed by atoms with Gasteiger partial charge in [0.25, 0.3) is 5.91 Å². The Balaban J connectivity index is 1.92. The van der Waals surface area contributed by atoms with Gasteiger partial charge in [0.05, 0.1) is 17.6 Å². The van der Waals surface area contributed by atoms with Crippen LogP contribution in [-0.4, -0.2) is 22.9 Å². The Kier molecular flexibility index (Phi) is 3.31. The van der Waals surface area contributed by atoms with Crippen LogP contribution in [0.4, 0.5) is 5.69 Å². The minimum Gasteiger partial charge on any atom is -0.367 e. The Bertz CT molecular complexity index is 779. The lowest BCUT2D eigenvalue weighted by atomic mass is 10.2. The number of carbonyl (C=O) groups is 1. The molecule has 0 aliphatic rings. The molecule has 1 heterocycles. The van der Waals surface area contributed by atoms with Crippen molar-refractivity contribution in [3.63, 3.8) is 0 Å². The first-order chi connectivity index (χ1) is 10.1. The quantitative estimate of drug-likeness (QED) is 0.770. The number of benzene rings is 2. The molecule has 2 aromatic carbocycles. The zero-order valence-corrected chi connectivity index (χ0v) is 11.7. The number of hydrogen-bond acceptors (Lipinski definition) is 3. The fourth-order valence-corrected chi connectivity index (χ4v) is 2.36. The predicted molar refractivity (Wildman–Crippen MR) is 83.2 cm³/mol. The fourth-order valence-electron chi connectivity index (χ4n) is 2.36. The Labute approximate surface area is 122 Å². The first-order valence-corrected chi connectivity index (χ1v) is 6.69. The van der Waals surface area contributed by atoms with Gasteiger partial charge in [0.1, 0.15) is 11.3 Å². The third-order valence-corrected chi connectivity index (χ3v) is 3.41. The van der Waals surface area contributed by atoms with Crippen molar-refractivity contribution in [2.24, 2.45) is 5.73 Å². The van der Waals surface area contributed by atoms with Crippen molar-refractivity contribution in [3.8, 4) is 0 Å². The average molecular weight is 280 g/mol. The molecule has 3 rings (SSSR count). The third-order valence-electron chi connectivity index (χ3n) is 3.41. The van der Waals surface area contributed by atoms with Gasteiger partial charge in [-0.2, -0.15) is 0 Å². The first-order valence-electron chi connectivity index (χ1n) is 6.69. The van der Waals surface area contributed by atoms with Gasteiger partial charge in [-0.15, -0.1) is 0 Å². The molecule has 0 spiro atoms. The maximum Gasteiger partial charge on any atom is 0.250 e. The molecule has 0 saturated heterocycles. The molecule has 0 unspecified atom stereocenters. The molecule has 0 bridgehead atoms. The number of amides is 1. The van der Waals surface area contributed by atoms with Crippen molar-refractivity contribution in [1.29, 1.82) is 0 Å². The smallest absolute Gasteiger partial charge is 0.250 e. The monoisotopic (exact) mass is 280 g/mol. The summed E-state index contributed by atoms with van der Waals surface area (Å²) < 4.78 is 0. The zero-order chi connectivity index (χ0) is 14.8. The molecule has 0 fully saturated rings. The maximum absolute atomic E-state index is 11.4. The standard InChI is InChI=1S/C16H16N4O/c1-20(11-6-3-2-4-7-11)10-14-18-13-9-5-8-12(16(17)21)15(13)19-14/h2-9H,10H2,1H3,(H2,17,21)(H,18,19). The summed E-state index contributed by atoms with van der Waals surface area (Å²) >= 11 is 0. The Hall–Kier alpha value is -2.82. The van der Waals surface area contributed by atoms with Crippen LogP contribution >= 0.6 is 0 Å². The topological polar surface area (TPSA) is 75.0 Å². The number of imidazole rings is 1. The van der Waals surface area contributed by atoms with Crippen LogP contribution in [0.25, 0.3) is 11.0 Å². The molecular weight excluding hydrogens is 264 g/mol. The minimum atomic E-state index is -0.463. The largest absolute Gasteiger partial charge is 0.367 e. The van der Waals surface area contributed by atoms with E-state index in [0.717, 1.165) is 17.0 Å². The van der Waals surface area contributed by atoms with Gasteiger partial charge in [0.15, 0.2) is 0 Å². The number of primary amides is 1. The summed E-state index contributed by atoms with van der Waals surface area (Å²) in [5.74, 6) is 0.333. The molecular formula is C16H16N4O. The molecule has 0 radical (unpaired) electrons. The van der Waals surface area contributed by atoms with E-state index in [0.29, 0.717) is 17.6 Å². The number of hydrogen-bond donors (Lipinski definition) is 2. The van der Waals surface area contributed by atoms with Crippen molar-refractivity contribution in [2.75, 3.05) is 11.9 Å². The van der Waals surface area contributed by atoms with Crippen LogP contribution < -0.4 is 10.6 Å². The number of nitrogens with zero attached hydrogens (tertiary/aromatic N) is 2. The molecule has 0 atom stereocenters. The van der Waals surface area contributed by atoms with Crippen molar-refractivity contribution in [3.05, 3.63) is 59.9 Å². The summed E-state index contributed by atoms with van der Waals surface area (Å²) in [6.07, 6.45) is 0. The Morgan fingerprint density at radius 2 is 1.95 bits per heavy atom. The molecule has 5 heteroatoms. The summed E-state index contributed by atoms with van der Waals surface area (Å²) in [4.78, 5) is 21.2. The van der Waals surface area contributed by atoms with Crippen LogP contribution in [0.15, 0.2) is 48.5 Å². The summed E-state index contributed by atoms with van der Waals surface area (Å²) in [5, 5.41) is 0. The number of H-pyrrole nitrogens is 1. The molecule has 3 N–H and O–H groups in total. The molecule has 0 saturated carbocycles. The van der Waals surface area contributed by atoms with Gasteiger partial charge < -0.3 is 15.6 Å². The second kappa shape index (κ2) is 5.28. The highest BCUT2D eigenvalue weighted by atomic mass is 16.1. The van der Waals surface area contributed by atoms with Gasteiger partial charge in [-0.1, -0.05) is 24.3 Å². The van der Waals surface area contributed by atoms with Crippen LogP contribution in [0.1, 0.15) is 16.2 Å². The van der Waals surface area contributed by atoms with E-state index in [1.165, 1.54) is 0 Å². The van der Waals surface area contributed by atoms with E-state index in [1.54, 1.807) is 12.1 Å². The molecule has 0 aliphatic carbocycles. The van der Waals surface area contributed by atoms with E-state index in [2.05, 4.69) is 14.9 Å². The molecule has 1 aromatic heterocycles. The van der Waals surface area contributed by atoms with Crippen molar-refractivity contribution < 1.29 is 4.79 Å². The number of fused-ring (bicyclic) bond motifs is 1. The van der Waals surface area contributed by atoms with E-state index in [9.17, 15) is 4.79 Å². The molecule has 21 heavy (non-hydrogen) atoms. The molecule has 0 aliphatic heterocycles. The second-order valence-electron chi connectivity index (χ2n) is 4.94. The molecule has 3 aromatic rings. The number of aromatic nitrogens is 2. The lowest BCUT2D eigenvalue weighted by Crippen LogP contribution is -2.17. The Morgan fingerprint density at radius 1 is 1.19 bits per heavy atom. The van der Waals surface area contributed by atoms with Gasteiger partial charge >= 0.3 is 0 Å². The number of nitrogens with two attached hydrogens (primary N) is 1. The second-order valence-corrected chi connectivity index (χ2v) is 4.94. The van der Waals surface area contributed by atoms with Crippen LogP contribution in [0.5, 0.6) is 0 Å². The number of carbonyl (C=O) groups excluding carboxylic acids is 1. The number of aromatic amines is 1. The number of nitrogens with one attached hydrogen (secondary N) is 1. The molecule has 106 valence electrons. The van der Waals surface area contributed by atoms with E-state index in [-0.39, 0.29) is 0 Å². The number of anilines is 1. The first kappa shape index (κ1) is 13.2. The van der Waals surface area contributed by atoms with Gasteiger partial charge in [-0.25, -0.2) is 4.98 Å². The van der Waals surface area contributed by atoms with Gasteiger partial charge in [0.2, 0.25) is 0 Å². The van der Waals surface area contributed by atoms with Crippen molar-refractivity contribution >= 4 is 22.6 Å². The van der Waals surface area contributed by atoms with Crippen molar-refractivity contribution in [2.45, 2.75) is 6.54 Å². The van der Waals surface area contributed by atoms with E-state index < -0.39 is 5.91 Å². The van der Waals surface area contributed by atoms with Crippen LogP contribution in [0.2, 0.25) is 0 Å². The highest BCUT2D eigenvalue weighted by Gasteiger charge is 2.12. The fraction of sp³-hybridized carbons (Fsp3) is 0.125. The Morgan fingerprint density at radius 3 is 2.67 bits per heavy atom. The highest BCUT2D eigenvalue weighted by Crippen LogP contribution is 2.18. The number of para-hydroxylation sites is 2. The van der Waals surface area contributed by atoms with Gasteiger partial charge in [-0.3, -0.25) is 4.79 Å². The van der Waals surface area contributed by atoms with E-state index in [4.69, 9.17) is 5.73 Å².